The highest BCUT2D eigenvalue weighted by Gasteiger charge is 2.17. The van der Waals surface area contributed by atoms with E-state index >= 15 is 0 Å². The van der Waals surface area contributed by atoms with E-state index in [9.17, 15) is 4.39 Å². The number of nitrogens with zero attached hydrogens (tertiary/aromatic N) is 1. The van der Waals surface area contributed by atoms with Crippen molar-refractivity contribution >= 4 is 5.69 Å². The lowest BCUT2D eigenvalue weighted by Gasteiger charge is -2.20. The molecule has 18 heavy (non-hydrogen) atoms. The van der Waals surface area contributed by atoms with Crippen LogP contribution in [0.3, 0.4) is 0 Å². The second-order valence-corrected chi connectivity index (χ2v) is 5.08. The fourth-order valence-corrected chi connectivity index (χ4v) is 2.49. The number of anilines is 1. The average molecular weight is 250 g/mol. The molecule has 1 fully saturated rings. The lowest BCUT2D eigenvalue weighted by atomic mass is 10.1. The Hall–Kier alpha value is -1.09. The van der Waals surface area contributed by atoms with Gasteiger partial charge in [-0.15, -0.1) is 0 Å². The van der Waals surface area contributed by atoms with E-state index in [1.807, 2.05) is 12.1 Å². The summed E-state index contributed by atoms with van der Waals surface area (Å²) in [5.41, 5.74) is 1.79. The molecule has 1 aromatic carbocycles. The summed E-state index contributed by atoms with van der Waals surface area (Å²) in [7, 11) is 0. The van der Waals surface area contributed by atoms with Gasteiger partial charge in [0.2, 0.25) is 0 Å². The molecule has 1 atom stereocenters. The summed E-state index contributed by atoms with van der Waals surface area (Å²) in [6, 6.07) is 5.87. The topological polar surface area (TPSA) is 15.3 Å². The smallest absolute Gasteiger partial charge is 0.146 e. The number of nitrogens with one attached hydrogen (secondary N) is 1. The molecule has 3 heteroatoms. The lowest BCUT2D eigenvalue weighted by molar-refractivity contribution is 0.561. The third-order valence-corrected chi connectivity index (χ3v) is 3.62. The van der Waals surface area contributed by atoms with Crippen LogP contribution < -0.4 is 10.2 Å². The minimum atomic E-state index is -0.0838. The first kappa shape index (κ1) is 13.3. The molecular formula is C15H23FN2. The first-order valence-electron chi connectivity index (χ1n) is 7.00. The standard InChI is InChI=1S/C15H23FN2/c1-3-8-17-12(2)13-6-7-15(14(16)11-13)18-9-4-5-10-18/h6-7,11-12,17H,3-5,8-10H2,1-2H3/t12-/m1/s1. The second kappa shape index (κ2) is 6.19. The molecule has 0 radical (unpaired) electrons. The molecule has 1 aliphatic rings. The maximum Gasteiger partial charge on any atom is 0.146 e. The minimum absolute atomic E-state index is 0.0838. The van der Waals surface area contributed by atoms with Crippen molar-refractivity contribution in [3.05, 3.63) is 29.6 Å². The molecule has 2 nitrogen and oxygen atoms in total. The van der Waals surface area contributed by atoms with Crippen LogP contribution in [0.15, 0.2) is 18.2 Å². The van der Waals surface area contributed by atoms with E-state index in [4.69, 9.17) is 0 Å². The van der Waals surface area contributed by atoms with Crippen LogP contribution in [-0.4, -0.2) is 19.6 Å². The maximum atomic E-state index is 14.1. The van der Waals surface area contributed by atoms with Gasteiger partial charge in [0.25, 0.3) is 0 Å². The Morgan fingerprint density at radius 2 is 2.06 bits per heavy atom. The molecule has 0 amide bonds. The fraction of sp³-hybridized carbons (Fsp3) is 0.600. The van der Waals surface area contributed by atoms with E-state index in [1.165, 1.54) is 12.8 Å². The molecular weight excluding hydrogens is 227 g/mol. The first-order valence-corrected chi connectivity index (χ1v) is 7.00. The predicted octanol–water partition coefficient (Wildman–Crippen LogP) is 3.49. The van der Waals surface area contributed by atoms with Crippen LogP contribution in [0.5, 0.6) is 0 Å². The van der Waals surface area contributed by atoms with Crippen molar-refractivity contribution in [2.75, 3.05) is 24.5 Å². The van der Waals surface area contributed by atoms with Crippen LogP contribution in [0.25, 0.3) is 0 Å². The molecule has 0 aromatic heterocycles. The number of hydrogen-bond donors (Lipinski definition) is 1. The highest BCUT2D eigenvalue weighted by Crippen LogP contribution is 2.26. The summed E-state index contributed by atoms with van der Waals surface area (Å²) in [6.45, 7) is 7.16. The van der Waals surface area contributed by atoms with Gasteiger partial charge in [-0.25, -0.2) is 4.39 Å². The van der Waals surface area contributed by atoms with Gasteiger partial charge in [-0.2, -0.15) is 0 Å². The predicted molar refractivity (Wildman–Crippen MR) is 74.6 cm³/mol. The zero-order valence-corrected chi connectivity index (χ0v) is 11.4. The van der Waals surface area contributed by atoms with E-state index in [0.717, 1.165) is 37.3 Å². The number of hydrogen-bond acceptors (Lipinski definition) is 2. The summed E-state index contributed by atoms with van der Waals surface area (Å²) in [4.78, 5) is 2.14. The van der Waals surface area contributed by atoms with Crippen LogP contribution in [0.4, 0.5) is 10.1 Å². The Labute approximate surface area is 109 Å². The van der Waals surface area contributed by atoms with Crippen LogP contribution in [0.2, 0.25) is 0 Å². The molecule has 1 aromatic rings. The average Bonchev–Trinajstić information content (AvgIpc) is 2.89. The summed E-state index contributed by atoms with van der Waals surface area (Å²) < 4.78 is 14.1. The molecule has 1 N–H and O–H groups in total. The van der Waals surface area contributed by atoms with Gasteiger partial charge in [0.05, 0.1) is 5.69 Å². The molecule has 2 rings (SSSR count). The van der Waals surface area contributed by atoms with Crippen LogP contribution in [0, 0.1) is 5.82 Å². The summed E-state index contributed by atoms with van der Waals surface area (Å²) in [5, 5.41) is 3.38. The number of halogens is 1. The Balaban J connectivity index is 2.08. The Bertz CT molecular complexity index is 386. The molecule has 100 valence electrons. The summed E-state index contributed by atoms with van der Waals surface area (Å²) in [6.07, 6.45) is 3.45. The van der Waals surface area contributed by atoms with E-state index in [-0.39, 0.29) is 11.9 Å². The summed E-state index contributed by atoms with van der Waals surface area (Å²) in [5.74, 6) is -0.0838. The fourth-order valence-electron chi connectivity index (χ4n) is 2.49. The van der Waals surface area contributed by atoms with Crippen molar-refractivity contribution in [1.82, 2.24) is 5.32 Å². The number of benzene rings is 1. The van der Waals surface area contributed by atoms with Crippen LogP contribution >= 0.6 is 0 Å². The van der Waals surface area contributed by atoms with Gasteiger partial charge in [0, 0.05) is 19.1 Å². The first-order chi connectivity index (χ1) is 8.72. The molecule has 0 bridgehead atoms. The molecule has 0 saturated carbocycles. The molecule has 1 saturated heterocycles. The monoisotopic (exact) mass is 250 g/mol. The maximum absolute atomic E-state index is 14.1. The van der Waals surface area contributed by atoms with Gasteiger partial charge in [0.1, 0.15) is 5.82 Å². The third-order valence-electron chi connectivity index (χ3n) is 3.62. The SMILES string of the molecule is CCCN[C@H](C)c1ccc(N2CCCC2)c(F)c1. The van der Waals surface area contributed by atoms with Gasteiger partial charge in [-0.05, 0) is 50.4 Å². The van der Waals surface area contributed by atoms with Gasteiger partial charge in [-0.1, -0.05) is 13.0 Å². The Kier molecular flexibility index (Phi) is 4.59. The number of rotatable bonds is 5. The van der Waals surface area contributed by atoms with Crippen LogP contribution in [0.1, 0.15) is 44.7 Å². The van der Waals surface area contributed by atoms with Gasteiger partial charge < -0.3 is 10.2 Å². The highest BCUT2D eigenvalue weighted by molar-refractivity contribution is 5.50. The van der Waals surface area contributed by atoms with Gasteiger partial charge >= 0.3 is 0 Å². The van der Waals surface area contributed by atoms with Crippen molar-refractivity contribution < 1.29 is 4.39 Å². The normalized spacial score (nSPS) is 17.2. The quantitative estimate of drug-likeness (QED) is 0.860. The van der Waals surface area contributed by atoms with E-state index < -0.39 is 0 Å². The molecule has 1 heterocycles. The molecule has 0 aliphatic carbocycles. The Morgan fingerprint density at radius 3 is 2.67 bits per heavy atom. The molecule has 0 unspecified atom stereocenters. The van der Waals surface area contributed by atoms with Crippen molar-refractivity contribution in [2.24, 2.45) is 0 Å². The molecule has 1 aliphatic heterocycles. The minimum Gasteiger partial charge on any atom is -0.369 e. The van der Waals surface area contributed by atoms with Gasteiger partial charge in [0.15, 0.2) is 0 Å². The zero-order valence-electron chi connectivity index (χ0n) is 11.4. The van der Waals surface area contributed by atoms with E-state index in [2.05, 4.69) is 24.1 Å². The van der Waals surface area contributed by atoms with Crippen molar-refractivity contribution in [2.45, 2.75) is 39.2 Å². The molecule has 0 spiro atoms. The largest absolute Gasteiger partial charge is 0.369 e. The highest BCUT2D eigenvalue weighted by atomic mass is 19.1. The van der Waals surface area contributed by atoms with Crippen molar-refractivity contribution in [3.8, 4) is 0 Å². The van der Waals surface area contributed by atoms with Gasteiger partial charge in [-0.3, -0.25) is 0 Å². The van der Waals surface area contributed by atoms with E-state index in [1.54, 1.807) is 6.07 Å². The zero-order chi connectivity index (χ0) is 13.0. The summed E-state index contributed by atoms with van der Waals surface area (Å²) >= 11 is 0. The van der Waals surface area contributed by atoms with Crippen molar-refractivity contribution in [3.63, 3.8) is 0 Å². The lowest BCUT2D eigenvalue weighted by Crippen LogP contribution is -2.21. The second-order valence-electron chi connectivity index (χ2n) is 5.08. The van der Waals surface area contributed by atoms with Crippen LogP contribution in [-0.2, 0) is 0 Å². The Morgan fingerprint density at radius 1 is 1.33 bits per heavy atom. The third kappa shape index (κ3) is 3.02. The van der Waals surface area contributed by atoms with E-state index in [0.29, 0.717) is 0 Å². The van der Waals surface area contributed by atoms with Crippen molar-refractivity contribution in [1.29, 1.82) is 0 Å².